The maximum absolute atomic E-state index is 9.06. The molecule has 0 aliphatic heterocycles. The number of rotatable bonds is 6. The monoisotopic (exact) mass is 291 g/mol. The van der Waals surface area contributed by atoms with E-state index in [0.717, 1.165) is 11.1 Å². The van der Waals surface area contributed by atoms with E-state index < -0.39 is 0 Å². The topological polar surface area (TPSA) is 73.9 Å². The Labute approximate surface area is 120 Å². The Bertz CT molecular complexity index is 412. The lowest BCUT2D eigenvalue weighted by molar-refractivity contribution is 0.263. The Morgan fingerprint density at radius 2 is 1.74 bits per heavy atom. The lowest BCUT2D eigenvalue weighted by Crippen LogP contribution is -2.27. The predicted molar refractivity (Wildman–Crippen MR) is 76.8 cm³/mol. The van der Waals surface area contributed by atoms with Gasteiger partial charge in [0.2, 0.25) is 5.75 Å². The van der Waals surface area contributed by atoms with Crippen molar-refractivity contribution < 1.29 is 19.3 Å². The number of aryl methyl sites for hydroxylation is 1. The van der Waals surface area contributed by atoms with Crippen molar-refractivity contribution in [2.75, 3.05) is 27.9 Å². The van der Waals surface area contributed by atoms with Crippen LogP contribution in [-0.4, -0.2) is 39.1 Å². The average molecular weight is 292 g/mol. The number of methoxy groups -OCH3 is 3. The van der Waals surface area contributed by atoms with Gasteiger partial charge in [0.05, 0.1) is 27.9 Å². The molecule has 0 aliphatic rings. The lowest BCUT2D eigenvalue weighted by Gasteiger charge is -2.19. The predicted octanol–water partition coefficient (Wildman–Crippen LogP) is 1.30. The second-order valence-corrected chi connectivity index (χ2v) is 4.09. The Morgan fingerprint density at radius 3 is 2.16 bits per heavy atom. The molecule has 1 aromatic carbocycles. The number of halogens is 1. The maximum atomic E-state index is 9.06. The largest absolute Gasteiger partial charge is 0.493 e. The van der Waals surface area contributed by atoms with Crippen molar-refractivity contribution in [1.29, 1.82) is 0 Å². The van der Waals surface area contributed by atoms with Crippen LogP contribution >= 0.6 is 12.4 Å². The summed E-state index contributed by atoms with van der Waals surface area (Å²) in [5.74, 6) is 1.78. The molecule has 0 heterocycles. The van der Waals surface area contributed by atoms with Gasteiger partial charge in [0.25, 0.3) is 0 Å². The first-order valence-corrected chi connectivity index (χ1v) is 5.73. The van der Waals surface area contributed by atoms with Crippen LogP contribution in [0.3, 0.4) is 0 Å². The van der Waals surface area contributed by atoms with Crippen molar-refractivity contribution in [3.63, 3.8) is 0 Å². The molecular formula is C13H22ClNO4. The highest BCUT2D eigenvalue weighted by molar-refractivity contribution is 5.85. The SMILES string of the molecule is COc1cc(C)c(CC(N)CO)c(OC)c1OC.Cl. The summed E-state index contributed by atoms with van der Waals surface area (Å²) in [5, 5.41) is 9.06. The fraction of sp³-hybridized carbons (Fsp3) is 0.538. The van der Waals surface area contributed by atoms with Crippen LogP contribution in [0, 0.1) is 6.92 Å². The van der Waals surface area contributed by atoms with Gasteiger partial charge in [-0.25, -0.2) is 0 Å². The van der Waals surface area contributed by atoms with Gasteiger partial charge in [-0.2, -0.15) is 0 Å². The fourth-order valence-corrected chi connectivity index (χ4v) is 1.92. The number of hydrogen-bond donors (Lipinski definition) is 2. The zero-order chi connectivity index (χ0) is 13.7. The van der Waals surface area contributed by atoms with E-state index in [1.165, 1.54) is 0 Å². The summed E-state index contributed by atoms with van der Waals surface area (Å²) in [6.07, 6.45) is 0.520. The Morgan fingerprint density at radius 1 is 1.16 bits per heavy atom. The summed E-state index contributed by atoms with van der Waals surface area (Å²) >= 11 is 0. The lowest BCUT2D eigenvalue weighted by atomic mass is 9.99. The van der Waals surface area contributed by atoms with Gasteiger partial charge in [-0.3, -0.25) is 0 Å². The third kappa shape index (κ3) is 3.89. The minimum Gasteiger partial charge on any atom is -0.493 e. The normalized spacial score (nSPS) is 11.5. The zero-order valence-electron chi connectivity index (χ0n) is 11.7. The molecule has 0 radical (unpaired) electrons. The first kappa shape index (κ1) is 17.8. The first-order chi connectivity index (χ1) is 8.58. The molecule has 0 saturated carbocycles. The van der Waals surface area contributed by atoms with Crippen molar-refractivity contribution in [3.8, 4) is 17.2 Å². The fourth-order valence-electron chi connectivity index (χ4n) is 1.92. The molecule has 0 saturated heterocycles. The highest BCUT2D eigenvalue weighted by Gasteiger charge is 2.20. The van der Waals surface area contributed by atoms with Crippen LogP contribution in [-0.2, 0) is 6.42 Å². The highest BCUT2D eigenvalue weighted by Crippen LogP contribution is 2.42. The molecule has 0 aromatic heterocycles. The molecular weight excluding hydrogens is 270 g/mol. The number of ether oxygens (including phenoxy) is 3. The van der Waals surface area contributed by atoms with E-state index in [0.29, 0.717) is 23.7 Å². The number of aliphatic hydroxyl groups excluding tert-OH is 1. The first-order valence-electron chi connectivity index (χ1n) is 5.73. The summed E-state index contributed by atoms with van der Waals surface area (Å²) in [5.41, 5.74) is 7.70. The quantitative estimate of drug-likeness (QED) is 0.826. The standard InChI is InChI=1S/C13H21NO4.ClH/c1-8-5-11(16-2)13(18-4)12(17-3)10(8)6-9(14)7-15;/h5,9,15H,6-7,14H2,1-4H3;1H. The van der Waals surface area contributed by atoms with Crippen molar-refractivity contribution >= 4 is 12.4 Å². The van der Waals surface area contributed by atoms with Crippen LogP contribution < -0.4 is 19.9 Å². The van der Waals surface area contributed by atoms with Crippen LogP contribution in [0.1, 0.15) is 11.1 Å². The molecule has 3 N–H and O–H groups in total. The van der Waals surface area contributed by atoms with Gasteiger partial charge in [0.15, 0.2) is 11.5 Å². The molecule has 0 bridgehead atoms. The van der Waals surface area contributed by atoms with Crippen molar-refractivity contribution in [2.24, 2.45) is 5.73 Å². The molecule has 5 nitrogen and oxygen atoms in total. The van der Waals surface area contributed by atoms with Crippen LogP contribution in [0.2, 0.25) is 0 Å². The molecule has 1 unspecified atom stereocenters. The molecule has 0 aliphatic carbocycles. The van der Waals surface area contributed by atoms with E-state index in [-0.39, 0.29) is 25.1 Å². The molecule has 0 spiro atoms. The van der Waals surface area contributed by atoms with Gasteiger partial charge in [-0.1, -0.05) is 0 Å². The van der Waals surface area contributed by atoms with Crippen LogP contribution in [0.5, 0.6) is 17.2 Å². The molecule has 110 valence electrons. The van der Waals surface area contributed by atoms with E-state index in [1.807, 2.05) is 13.0 Å². The van der Waals surface area contributed by atoms with Gasteiger partial charge in [0.1, 0.15) is 0 Å². The summed E-state index contributed by atoms with van der Waals surface area (Å²) in [6, 6.07) is 1.55. The van der Waals surface area contributed by atoms with E-state index in [2.05, 4.69) is 0 Å². The molecule has 1 rings (SSSR count). The third-order valence-electron chi connectivity index (χ3n) is 2.86. The van der Waals surface area contributed by atoms with E-state index in [1.54, 1.807) is 21.3 Å². The molecule has 0 amide bonds. The second-order valence-electron chi connectivity index (χ2n) is 4.09. The van der Waals surface area contributed by atoms with Crippen LogP contribution in [0.4, 0.5) is 0 Å². The summed E-state index contributed by atoms with van der Waals surface area (Å²) in [6.45, 7) is 1.88. The minimum atomic E-state index is -0.323. The third-order valence-corrected chi connectivity index (χ3v) is 2.86. The molecule has 0 fully saturated rings. The van der Waals surface area contributed by atoms with Gasteiger partial charge in [-0.05, 0) is 25.0 Å². The molecule has 6 heteroatoms. The van der Waals surface area contributed by atoms with Crippen LogP contribution in [0.15, 0.2) is 6.07 Å². The smallest absolute Gasteiger partial charge is 0.203 e. The molecule has 19 heavy (non-hydrogen) atoms. The Balaban J connectivity index is 0.00000324. The van der Waals surface area contributed by atoms with E-state index >= 15 is 0 Å². The van der Waals surface area contributed by atoms with Crippen molar-refractivity contribution in [2.45, 2.75) is 19.4 Å². The number of nitrogens with two attached hydrogens (primary N) is 1. The van der Waals surface area contributed by atoms with Crippen molar-refractivity contribution in [1.82, 2.24) is 0 Å². The number of benzene rings is 1. The molecule has 1 atom stereocenters. The summed E-state index contributed by atoms with van der Waals surface area (Å²) in [7, 11) is 4.71. The van der Waals surface area contributed by atoms with Crippen LogP contribution in [0.25, 0.3) is 0 Å². The van der Waals surface area contributed by atoms with Crippen molar-refractivity contribution in [3.05, 3.63) is 17.2 Å². The Kier molecular flexibility index (Phi) is 7.59. The van der Waals surface area contributed by atoms with E-state index in [9.17, 15) is 0 Å². The number of aliphatic hydroxyl groups is 1. The van der Waals surface area contributed by atoms with Gasteiger partial charge >= 0.3 is 0 Å². The minimum absolute atomic E-state index is 0. The number of hydrogen-bond acceptors (Lipinski definition) is 5. The second kappa shape index (κ2) is 8.09. The zero-order valence-corrected chi connectivity index (χ0v) is 12.5. The maximum Gasteiger partial charge on any atom is 0.203 e. The molecule has 1 aromatic rings. The van der Waals surface area contributed by atoms with Gasteiger partial charge < -0.3 is 25.1 Å². The summed E-state index contributed by atoms with van der Waals surface area (Å²) < 4.78 is 16.0. The highest BCUT2D eigenvalue weighted by atomic mass is 35.5. The van der Waals surface area contributed by atoms with Gasteiger partial charge in [0, 0.05) is 11.6 Å². The Hall–Kier alpha value is -1.17. The van der Waals surface area contributed by atoms with E-state index in [4.69, 9.17) is 25.1 Å². The van der Waals surface area contributed by atoms with Gasteiger partial charge in [-0.15, -0.1) is 12.4 Å². The summed E-state index contributed by atoms with van der Waals surface area (Å²) in [4.78, 5) is 0. The average Bonchev–Trinajstić information content (AvgIpc) is 2.39.